The first kappa shape index (κ1) is 28.3. The zero-order valence-electron chi connectivity index (χ0n) is 21.7. The average Bonchev–Trinajstić information content (AvgIpc) is 2.94. The third kappa shape index (κ3) is 6.21. The molecule has 0 aliphatic carbocycles. The minimum Gasteiger partial charge on any atom is -0.408 e. The predicted octanol–water partition coefficient (Wildman–Crippen LogP) is 3.37. The number of hydrogen-bond donors (Lipinski definition) is 2. The van der Waals surface area contributed by atoms with Gasteiger partial charge in [0.15, 0.2) is 14.5 Å². The van der Waals surface area contributed by atoms with Gasteiger partial charge in [-0.1, -0.05) is 34.6 Å². The zero-order valence-corrected chi connectivity index (χ0v) is 23.5. The summed E-state index contributed by atoms with van der Waals surface area (Å²) in [6, 6.07) is 1.24. The fourth-order valence-electron chi connectivity index (χ4n) is 3.39. The highest BCUT2D eigenvalue weighted by Gasteiger charge is 2.51. The number of hydrogen-bond acceptors (Lipinski definition) is 7. The van der Waals surface area contributed by atoms with Crippen molar-refractivity contribution < 1.29 is 19.0 Å². The Labute approximate surface area is 202 Å². The highest BCUT2D eigenvalue weighted by atomic mass is 32.2. The summed E-state index contributed by atoms with van der Waals surface area (Å²) in [5.41, 5.74) is -1.70. The molecule has 8 nitrogen and oxygen atoms in total. The van der Waals surface area contributed by atoms with Gasteiger partial charge in [-0.25, -0.2) is 4.79 Å². The maximum absolute atomic E-state index is 12.4. The van der Waals surface area contributed by atoms with Gasteiger partial charge < -0.3 is 19.0 Å². The highest BCUT2D eigenvalue weighted by molar-refractivity contribution is 7.98. The molecule has 0 amide bonds. The molecule has 1 saturated heterocycles. The SMILES string of the molecule is CSCC(C)(C)C(C)(C)OC[C@H]1O[C@@H](n2ccc(=O)[nH]c2=O)C(O)[C@H]1O[Si](C)(C)C(C)(C)C. The van der Waals surface area contributed by atoms with Crippen molar-refractivity contribution >= 4 is 20.1 Å². The van der Waals surface area contributed by atoms with E-state index in [1.54, 1.807) is 11.8 Å². The lowest BCUT2D eigenvalue weighted by Gasteiger charge is -2.43. The van der Waals surface area contributed by atoms with Crippen molar-refractivity contribution in [2.45, 2.75) is 96.7 Å². The summed E-state index contributed by atoms with van der Waals surface area (Å²) in [5.74, 6) is 0.924. The molecule has 0 aromatic carbocycles. The summed E-state index contributed by atoms with van der Waals surface area (Å²) in [5, 5.41) is 11.2. The smallest absolute Gasteiger partial charge is 0.330 e. The summed E-state index contributed by atoms with van der Waals surface area (Å²) in [6.07, 6.45) is 0.0760. The summed E-state index contributed by atoms with van der Waals surface area (Å²) >= 11 is 1.77. The van der Waals surface area contributed by atoms with Gasteiger partial charge in [-0.3, -0.25) is 14.3 Å². The molecule has 2 N–H and O–H groups in total. The molecule has 2 rings (SSSR count). The van der Waals surface area contributed by atoms with Crippen LogP contribution in [0.25, 0.3) is 0 Å². The summed E-state index contributed by atoms with van der Waals surface area (Å²) < 4.78 is 20.4. The lowest BCUT2D eigenvalue weighted by molar-refractivity contribution is -0.138. The maximum atomic E-state index is 12.4. The van der Waals surface area contributed by atoms with Crippen molar-refractivity contribution in [1.29, 1.82) is 0 Å². The molecule has 1 fully saturated rings. The predicted molar refractivity (Wildman–Crippen MR) is 136 cm³/mol. The van der Waals surface area contributed by atoms with E-state index in [1.807, 2.05) is 0 Å². The number of H-pyrrole nitrogens is 1. The monoisotopic (exact) mass is 502 g/mol. The molecule has 1 unspecified atom stereocenters. The molecule has 2 heterocycles. The summed E-state index contributed by atoms with van der Waals surface area (Å²) in [4.78, 5) is 26.1. The zero-order chi connectivity index (χ0) is 25.4. The van der Waals surface area contributed by atoms with Crippen LogP contribution in [0.3, 0.4) is 0 Å². The van der Waals surface area contributed by atoms with E-state index in [2.05, 4.69) is 72.8 Å². The molecule has 0 bridgehead atoms. The number of thioether (sulfide) groups is 1. The van der Waals surface area contributed by atoms with Gasteiger partial charge in [-0.2, -0.15) is 11.8 Å². The van der Waals surface area contributed by atoms with Gasteiger partial charge in [0, 0.05) is 23.4 Å². The Hall–Kier alpha value is -0.913. The number of nitrogens with zero attached hydrogens (tertiary/aromatic N) is 1. The van der Waals surface area contributed by atoms with Crippen LogP contribution < -0.4 is 11.2 Å². The van der Waals surface area contributed by atoms with E-state index >= 15 is 0 Å². The Kier molecular flexibility index (Phi) is 8.57. The largest absolute Gasteiger partial charge is 0.408 e. The van der Waals surface area contributed by atoms with Crippen molar-refractivity contribution in [2.75, 3.05) is 18.6 Å². The van der Waals surface area contributed by atoms with E-state index in [-0.39, 0.29) is 17.1 Å². The summed E-state index contributed by atoms with van der Waals surface area (Å²) in [6.45, 7) is 19.3. The molecule has 1 aromatic rings. The van der Waals surface area contributed by atoms with Crippen LogP contribution in [0.1, 0.15) is 54.7 Å². The van der Waals surface area contributed by atoms with E-state index in [4.69, 9.17) is 13.9 Å². The topological polar surface area (TPSA) is 103 Å². The standard InChI is InChI=1S/C23H42N2O6SSi/c1-21(2,3)33(9,10)31-18-15(13-29-23(6,7)22(4,5)14-32-8)30-19(17(18)27)25-12-11-16(26)24-20(25)28/h11-12,15,17-19,27H,13-14H2,1-10H3,(H,24,26,28)/t15-,17?,18+,19-/m1/s1. The van der Waals surface area contributed by atoms with E-state index in [1.165, 1.54) is 16.8 Å². The minimum absolute atomic E-state index is 0.0787. The first-order valence-electron chi connectivity index (χ1n) is 11.4. The number of aromatic amines is 1. The molecule has 1 aliphatic heterocycles. The van der Waals surface area contributed by atoms with Gasteiger partial charge in [0.2, 0.25) is 0 Å². The maximum Gasteiger partial charge on any atom is 0.330 e. The first-order chi connectivity index (χ1) is 14.9. The molecule has 190 valence electrons. The summed E-state index contributed by atoms with van der Waals surface area (Å²) in [7, 11) is -2.27. The van der Waals surface area contributed by atoms with Crippen LogP contribution in [-0.2, 0) is 13.9 Å². The molecule has 1 aliphatic rings. The number of ether oxygens (including phenoxy) is 2. The van der Waals surface area contributed by atoms with E-state index in [0.29, 0.717) is 0 Å². The average molecular weight is 503 g/mol. The van der Waals surface area contributed by atoms with Gasteiger partial charge in [-0.15, -0.1) is 0 Å². The van der Waals surface area contributed by atoms with Crippen molar-refractivity contribution in [3.63, 3.8) is 0 Å². The fraction of sp³-hybridized carbons (Fsp3) is 0.826. The van der Waals surface area contributed by atoms with Crippen LogP contribution in [0.4, 0.5) is 0 Å². The number of aliphatic hydroxyl groups is 1. The quantitative estimate of drug-likeness (QED) is 0.499. The number of aliphatic hydroxyl groups excluding tert-OH is 1. The van der Waals surface area contributed by atoms with Gasteiger partial charge in [0.25, 0.3) is 5.56 Å². The molecule has 0 saturated carbocycles. The molecule has 10 heteroatoms. The van der Waals surface area contributed by atoms with Crippen molar-refractivity contribution in [2.24, 2.45) is 5.41 Å². The second kappa shape index (κ2) is 9.99. The van der Waals surface area contributed by atoms with E-state index in [0.717, 1.165) is 5.75 Å². The molecule has 0 radical (unpaired) electrons. The van der Waals surface area contributed by atoms with Gasteiger partial charge in [-0.05, 0) is 38.2 Å². The number of nitrogens with one attached hydrogen (secondary N) is 1. The second-order valence-corrected chi connectivity index (χ2v) is 17.2. The van der Waals surface area contributed by atoms with Crippen molar-refractivity contribution in [3.05, 3.63) is 33.1 Å². The lowest BCUT2D eigenvalue weighted by Crippen LogP contribution is -2.51. The van der Waals surface area contributed by atoms with Gasteiger partial charge >= 0.3 is 5.69 Å². The molecular weight excluding hydrogens is 460 g/mol. The van der Waals surface area contributed by atoms with Gasteiger partial charge in [0.1, 0.15) is 18.3 Å². The van der Waals surface area contributed by atoms with Crippen LogP contribution in [0.2, 0.25) is 18.1 Å². The van der Waals surface area contributed by atoms with Gasteiger partial charge in [0.05, 0.1) is 12.2 Å². The van der Waals surface area contributed by atoms with Crippen molar-refractivity contribution in [3.8, 4) is 0 Å². The van der Waals surface area contributed by atoms with Crippen LogP contribution in [-0.4, -0.2) is 65.5 Å². The second-order valence-electron chi connectivity index (χ2n) is 11.6. The molecule has 4 atom stereocenters. The number of rotatable bonds is 9. The number of aromatic nitrogens is 2. The Morgan fingerprint density at radius 3 is 2.30 bits per heavy atom. The first-order valence-corrected chi connectivity index (χ1v) is 15.7. The Bertz CT molecular complexity index is 921. The minimum atomic E-state index is -2.27. The van der Waals surface area contributed by atoms with Crippen LogP contribution in [0, 0.1) is 5.41 Å². The molecule has 1 aromatic heterocycles. The van der Waals surface area contributed by atoms with Crippen LogP contribution in [0.15, 0.2) is 21.9 Å². The van der Waals surface area contributed by atoms with E-state index < -0.39 is 49.7 Å². The highest BCUT2D eigenvalue weighted by Crippen LogP contribution is 2.42. The lowest BCUT2D eigenvalue weighted by atomic mass is 9.79. The van der Waals surface area contributed by atoms with E-state index in [9.17, 15) is 14.7 Å². The fourth-order valence-corrected chi connectivity index (χ4v) is 5.79. The van der Waals surface area contributed by atoms with Crippen molar-refractivity contribution in [1.82, 2.24) is 9.55 Å². The Balaban J connectivity index is 2.36. The third-order valence-electron chi connectivity index (χ3n) is 7.42. The Morgan fingerprint density at radius 2 is 1.79 bits per heavy atom. The molecule has 33 heavy (non-hydrogen) atoms. The Morgan fingerprint density at radius 1 is 1.18 bits per heavy atom. The van der Waals surface area contributed by atoms with Crippen LogP contribution in [0.5, 0.6) is 0 Å². The molecule has 0 spiro atoms. The van der Waals surface area contributed by atoms with Crippen LogP contribution >= 0.6 is 11.8 Å². The molecular formula is C23H42N2O6SSi. The third-order valence-corrected chi connectivity index (χ3v) is 12.9. The normalized spacial score (nSPS) is 24.9.